The molecule has 1 aromatic heterocycles. The number of aromatic nitrogens is 2. The fourth-order valence-corrected chi connectivity index (χ4v) is 1.92. The molecule has 0 aliphatic carbocycles. The van der Waals surface area contributed by atoms with Crippen molar-refractivity contribution >= 4 is 11.9 Å². The van der Waals surface area contributed by atoms with Gasteiger partial charge in [-0.15, -0.1) is 0 Å². The van der Waals surface area contributed by atoms with Crippen LogP contribution in [0.1, 0.15) is 32.6 Å². The third-order valence-electron chi connectivity index (χ3n) is 3.50. The molecule has 0 saturated carbocycles. The van der Waals surface area contributed by atoms with Gasteiger partial charge in [-0.2, -0.15) is 4.98 Å². The lowest BCUT2D eigenvalue weighted by Crippen LogP contribution is -2.35. The van der Waals surface area contributed by atoms with E-state index in [0.29, 0.717) is 11.4 Å². The number of halogens is 1. The predicted molar refractivity (Wildman–Crippen MR) is 86.9 cm³/mol. The molecule has 25 heavy (non-hydrogen) atoms. The van der Waals surface area contributed by atoms with Gasteiger partial charge in [-0.25, -0.2) is 4.39 Å². The molecule has 7 nitrogen and oxygen atoms in total. The molecule has 0 aliphatic rings. The molecular formula is C17H20FN3O4. The van der Waals surface area contributed by atoms with Crippen LogP contribution in [-0.2, 0) is 20.7 Å². The van der Waals surface area contributed by atoms with E-state index in [1.807, 2.05) is 13.8 Å². The monoisotopic (exact) mass is 349 g/mol. The van der Waals surface area contributed by atoms with E-state index in [0.717, 1.165) is 6.42 Å². The second-order valence-corrected chi connectivity index (χ2v) is 5.56. The number of carbonyl (C=O) groups is 2. The smallest absolute Gasteiger partial charge is 0.306 e. The third-order valence-corrected chi connectivity index (χ3v) is 3.50. The lowest BCUT2D eigenvalue weighted by atomic mass is 10.2. The zero-order valence-electron chi connectivity index (χ0n) is 14.1. The van der Waals surface area contributed by atoms with Crippen molar-refractivity contribution in [1.29, 1.82) is 0 Å². The number of hydrogen-bond acceptors (Lipinski definition) is 6. The lowest BCUT2D eigenvalue weighted by Gasteiger charge is -2.11. The molecule has 0 spiro atoms. The average molecular weight is 349 g/mol. The first-order chi connectivity index (χ1) is 12.0. The molecule has 8 heteroatoms. The summed E-state index contributed by atoms with van der Waals surface area (Å²) in [6, 6.07) is 5.71. The normalized spacial score (nSPS) is 11.8. The van der Waals surface area contributed by atoms with Gasteiger partial charge in [-0.1, -0.05) is 12.1 Å². The Morgan fingerprint density at radius 2 is 2.04 bits per heavy atom. The number of nitrogens with one attached hydrogen (secondary N) is 1. The molecule has 134 valence electrons. The molecule has 1 heterocycles. The van der Waals surface area contributed by atoms with Gasteiger partial charge in [0.1, 0.15) is 5.82 Å². The summed E-state index contributed by atoms with van der Waals surface area (Å²) in [5.41, 5.74) is 0.612. The maximum atomic E-state index is 12.9. The second-order valence-electron chi connectivity index (χ2n) is 5.56. The SMILES string of the molecule is CCC(C)NC(=O)COC(=O)CCc1nc(-c2ccc(F)cc2)no1. The Bertz CT molecular complexity index is 715. The van der Waals surface area contributed by atoms with Crippen LogP contribution in [0.15, 0.2) is 28.8 Å². The van der Waals surface area contributed by atoms with Crippen LogP contribution in [0.3, 0.4) is 0 Å². The summed E-state index contributed by atoms with van der Waals surface area (Å²) in [7, 11) is 0. The van der Waals surface area contributed by atoms with E-state index >= 15 is 0 Å². The highest BCUT2D eigenvalue weighted by atomic mass is 19.1. The number of hydrogen-bond donors (Lipinski definition) is 1. The molecule has 1 atom stereocenters. The number of esters is 1. The van der Waals surface area contributed by atoms with E-state index in [2.05, 4.69) is 15.5 Å². The van der Waals surface area contributed by atoms with Gasteiger partial charge in [0, 0.05) is 18.0 Å². The van der Waals surface area contributed by atoms with Gasteiger partial charge < -0.3 is 14.6 Å². The first-order valence-corrected chi connectivity index (χ1v) is 8.01. The summed E-state index contributed by atoms with van der Waals surface area (Å²) in [5, 5.41) is 6.49. The van der Waals surface area contributed by atoms with Crippen LogP contribution in [0.5, 0.6) is 0 Å². The van der Waals surface area contributed by atoms with Crippen LogP contribution in [-0.4, -0.2) is 34.7 Å². The van der Waals surface area contributed by atoms with Gasteiger partial charge in [0.05, 0.1) is 6.42 Å². The van der Waals surface area contributed by atoms with Crippen LogP contribution in [0.2, 0.25) is 0 Å². The zero-order chi connectivity index (χ0) is 18.2. The topological polar surface area (TPSA) is 94.3 Å². The lowest BCUT2D eigenvalue weighted by molar-refractivity contribution is -0.148. The first kappa shape index (κ1) is 18.6. The molecule has 0 saturated heterocycles. The van der Waals surface area contributed by atoms with Gasteiger partial charge in [-0.3, -0.25) is 9.59 Å². The number of ether oxygens (including phenoxy) is 1. The molecular weight excluding hydrogens is 329 g/mol. The molecule has 0 radical (unpaired) electrons. The minimum absolute atomic E-state index is 0.0155. The van der Waals surface area contributed by atoms with Crippen LogP contribution in [0, 0.1) is 5.82 Å². The third kappa shape index (κ3) is 5.98. The molecule has 0 aliphatic heterocycles. The van der Waals surface area contributed by atoms with Gasteiger partial charge in [0.2, 0.25) is 11.7 Å². The summed E-state index contributed by atoms with van der Waals surface area (Å²) in [5.74, 6) is -0.635. The quantitative estimate of drug-likeness (QED) is 0.735. The highest BCUT2D eigenvalue weighted by Crippen LogP contribution is 2.16. The molecule has 2 rings (SSSR count). The fourth-order valence-electron chi connectivity index (χ4n) is 1.92. The van der Waals surface area contributed by atoms with Crippen molar-refractivity contribution in [1.82, 2.24) is 15.5 Å². The molecule has 1 unspecified atom stereocenters. The maximum absolute atomic E-state index is 12.9. The maximum Gasteiger partial charge on any atom is 0.306 e. The number of aryl methyl sites for hydroxylation is 1. The number of carbonyl (C=O) groups excluding carboxylic acids is 2. The predicted octanol–water partition coefficient (Wildman–Crippen LogP) is 2.27. The van der Waals surface area contributed by atoms with Crippen molar-refractivity contribution in [2.24, 2.45) is 0 Å². The van der Waals surface area contributed by atoms with Gasteiger partial charge in [-0.05, 0) is 37.6 Å². The summed E-state index contributed by atoms with van der Waals surface area (Å²) in [6.45, 7) is 3.50. The minimum Gasteiger partial charge on any atom is -0.456 e. The van der Waals surface area contributed by atoms with E-state index in [4.69, 9.17) is 9.26 Å². The van der Waals surface area contributed by atoms with E-state index in [1.165, 1.54) is 24.3 Å². The fraction of sp³-hybridized carbons (Fsp3) is 0.412. The largest absolute Gasteiger partial charge is 0.456 e. The Labute approximate surface area is 144 Å². The number of benzene rings is 1. The van der Waals surface area contributed by atoms with Crippen molar-refractivity contribution in [2.45, 2.75) is 39.2 Å². The van der Waals surface area contributed by atoms with Gasteiger partial charge in [0.15, 0.2) is 6.61 Å². The van der Waals surface area contributed by atoms with E-state index in [-0.39, 0.29) is 43.1 Å². The van der Waals surface area contributed by atoms with E-state index in [1.54, 1.807) is 0 Å². The van der Waals surface area contributed by atoms with Crippen molar-refractivity contribution in [2.75, 3.05) is 6.61 Å². The second kappa shape index (κ2) is 8.91. The van der Waals surface area contributed by atoms with Crippen molar-refractivity contribution in [3.8, 4) is 11.4 Å². The zero-order valence-corrected chi connectivity index (χ0v) is 14.1. The van der Waals surface area contributed by atoms with E-state index in [9.17, 15) is 14.0 Å². The Hall–Kier alpha value is -2.77. The summed E-state index contributed by atoms with van der Waals surface area (Å²) in [4.78, 5) is 27.3. The minimum atomic E-state index is -0.527. The average Bonchev–Trinajstić information content (AvgIpc) is 3.07. The number of amides is 1. The Balaban J connectivity index is 1.77. The molecule has 1 aromatic carbocycles. The Kier molecular flexibility index (Phi) is 6.62. The summed E-state index contributed by atoms with van der Waals surface area (Å²) < 4.78 is 22.8. The molecule has 1 amide bonds. The highest BCUT2D eigenvalue weighted by Gasteiger charge is 2.13. The summed E-state index contributed by atoms with van der Waals surface area (Å²) >= 11 is 0. The number of nitrogens with zero attached hydrogens (tertiary/aromatic N) is 2. The molecule has 0 bridgehead atoms. The van der Waals surface area contributed by atoms with Crippen molar-refractivity contribution < 1.29 is 23.2 Å². The summed E-state index contributed by atoms with van der Waals surface area (Å²) in [6.07, 6.45) is 1.01. The molecule has 1 N–H and O–H groups in total. The van der Waals surface area contributed by atoms with E-state index < -0.39 is 5.97 Å². The molecule has 2 aromatic rings. The Morgan fingerprint density at radius 3 is 2.72 bits per heavy atom. The van der Waals surface area contributed by atoms with Crippen molar-refractivity contribution in [3.63, 3.8) is 0 Å². The van der Waals surface area contributed by atoms with Gasteiger partial charge in [0.25, 0.3) is 5.91 Å². The molecule has 0 fully saturated rings. The van der Waals surface area contributed by atoms with Gasteiger partial charge >= 0.3 is 5.97 Å². The highest BCUT2D eigenvalue weighted by molar-refractivity contribution is 5.80. The Morgan fingerprint density at radius 1 is 1.32 bits per heavy atom. The standard InChI is InChI=1S/C17H20FN3O4/c1-3-11(2)19-14(22)10-24-16(23)9-8-15-20-17(21-25-15)12-4-6-13(18)7-5-12/h4-7,11H,3,8-10H2,1-2H3,(H,19,22). The number of rotatable bonds is 8. The first-order valence-electron chi connectivity index (χ1n) is 8.01. The van der Waals surface area contributed by atoms with Crippen LogP contribution in [0.25, 0.3) is 11.4 Å². The van der Waals surface area contributed by atoms with Crippen LogP contribution in [0.4, 0.5) is 4.39 Å². The van der Waals surface area contributed by atoms with Crippen LogP contribution < -0.4 is 5.32 Å². The van der Waals surface area contributed by atoms with Crippen LogP contribution >= 0.6 is 0 Å². The van der Waals surface area contributed by atoms with Crippen molar-refractivity contribution in [3.05, 3.63) is 36.0 Å².